The summed E-state index contributed by atoms with van der Waals surface area (Å²) in [7, 11) is 0. The van der Waals surface area contributed by atoms with Crippen LogP contribution in [0.1, 0.15) is 54.8 Å². The number of furan rings is 1. The Morgan fingerprint density at radius 3 is 2.56 bits per heavy atom. The molecule has 0 bridgehead atoms. The molecule has 1 fully saturated rings. The summed E-state index contributed by atoms with van der Waals surface area (Å²) in [6.07, 6.45) is 5.11. The van der Waals surface area contributed by atoms with E-state index in [4.69, 9.17) is 4.42 Å². The van der Waals surface area contributed by atoms with Gasteiger partial charge in [0.15, 0.2) is 0 Å². The quantitative estimate of drug-likeness (QED) is 0.743. The van der Waals surface area contributed by atoms with E-state index in [2.05, 4.69) is 36.2 Å². The van der Waals surface area contributed by atoms with Crippen molar-refractivity contribution < 1.29 is 9.21 Å². The minimum atomic E-state index is 0.0429. The minimum absolute atomic E-state index is 0.0429. The molecule has 4 nitrogen and oxygen atoms in total. The van der Waals surface area contributed by atoms with Crippen LogP contribution < -0.4 is 5.32 Å². The Morgan fingerprint density at radius 2 is 1.96 bits per heavy atom. The molecule has 134 valence electrons. The maximum atomic E-state index is 12.1. The highest BCUT2D eigenvalue weighted by Crippen LogP contribution is 2.19. The first-order valence-corrected chi connectivity index (χ1v) is 9.24. The third kappa shape index (κ3) is 5.75. The fourth-order valence-corrected chi connectivity index (χ4v) is 2.79. The molecule has 0 spiro atoms. The molecule has 1 N–H and O–H groups in total. The van der Waals surface area contributed by atoms with Crippen molar-refractivity contribution in [2.75, 3.05) is 6.54 Å². The Balaban J connectivity index is 1.60. The number of carbonyl (C=O) groups excluding carboxylic acids is 1. The van der Waals surface area contributed by atoms with Gasteiger partial charge in [0.25, 0.3) is 5.91 Å². The van der Waals surface area contributed by atoms with Crippen LogP contribution in [0.25, 0.3) is 0 Å². The topological polar surface area (TPSA) is 45.5 Å². The van der Waals surface area contributed by atoms with Crippen LogP contribution in [0.3, 0.4) is 0 Å². The Bertz CT molecular complexity index is 658. The molecular formula is C21H28N2O2. The molecule has 4 heteroatoms. The molecule has 0 unspecified atom stereocenters. The predicted molar refractivity (Wildman–Crippen MR) is 99.2 cm³/mol. The van der Waals surface area contributed by atoms with Gasteiger partial charge in [0, 0.05) is 18.2 Å². The van der Waals surface area contributed by atoms with E-state index in [9.17, 15) is 4.79 Å². The largest absolute Gasteiger partial charge is 0.468 e. The first kappa shape index (κ1) is 17.7. The van der Waals surface area contributed by atoms with Crippen LogP contribution in [0.2, 0.25) is 0 Å². The van der Waals surface area contributed by atoms with Gasteiger partial charge < -0.3 is 9.73 Å². The average molecular weight is 340 g/mol. The molecule has 2 aromatic rings. The number of nitrogens with one attached hydrogen (secondary N) is 1. The summed E-state index contributed by atoms with van der Waals surface area (Å²) in [5.41, 5.74) is 1.97. The van der Waals surface area contributed by atoms with Crippen molar-refractivity contribution in [1.29, 1.82) is 0 Å². The normalized spacial score (nSPS) is 14.2. The van der Waals surface area contributed by atoms with Crippen molar-refractivity contribution in [3.05, 3.63) is 59.5 Å². The number of benzene rings is 1. The zero-order valence-corrected chi connectivity index (χ0v) is 15.2. The number of carbonyl (C=O) groups is 1. The lowest BCUT2D eigenvalue weighted by Crippen LogP contribution is -2.26. The Kier molecular flexibility index (Phi) is 5.92. The summed E-state index contributed by atoms with van der Waals surface area (Å²) in [5, 5.41) is 3.03. The van der Waals surface area contributed by atoms with Gasteiger partial charge in [-0.15, -0.1) is 0 Å². The lowest BCUT2D eigenvalue weighted by Gasteiger charge is -2.22. The van der Waals surface area contributed by atoms with Crippen LogP contribution in [0, 0.1) is 5.92 Å². The second-order valence-corrected chi connectivity index (χ2v) is 7.42. The monoisotopic (exact) mass is 340 g/mol. The molecular weight excluding hydrogens is 312 g/mol. The van der Waals surface area contributed by atoms with E-state index in [-0.39, 0.29) is 5.91 Å². The predicted octanol–water partition coefficient (Wildman–Crippen LogP) is 4.22. The molecule has 1 aromatic carbocycles. The fraction of sp³-hybridized carbons (Fsp3) is 0.476. The van der Waals surface area contributed by atoms with Crippen molar-refractivity contribution >= 4 is 5.91 Å². The zero-order chi connectivity index (χ0) is 17.6. The fourth-order valence-electron chi connectivity index (χ4n) is 2.79. The van der Waals surface area contributed by atoms with E-state index in [1.54, 1.807) is 6.26 Å². The van der Waals surface area contributed by atoms with Crippen LogP contribution in [0.15, 0.2) is 47.1 Å². The first-order valence-electron chi connectivity index (χ1n) is 9.24. The molecule has 1 aromatic heterocycles. The molecule has 1 aliphatic carbocycles. The van der Waals surface area contributed by atoms with Crippen LogP contribution in [-0.4, -0.2) is 23.4 Å². The van der Waals surface area contributed by atoms with E-state index in [0.29, 0.717) is 12.0 Å². The standard InChI is InChI=1S/C21H28N2O2/c1-16(2)11-12-23(15-20-4-3-13-25-20)14-17-5-7-18(8-6-17)21(24)22-19-9-10-19/h3-8,13,16,19H,9-12,14-15H2,1-2H3,(H,22,24). The third-order valence-corrected chi connectivity index (χ3v) is 4.52. The number of amides is 1. The van der Waals surface area contributed by atoms with Crippen LogP contribution in [0.4, 0.5) is 0 Å². The van der Waals surface area contributed by atoms with E-state index in [1.165, 1.54) is 5.56 Å². The van der Waals surface area contributed by atoms with Crippen LogP contribution in [0.5, 0.6) is 0 Å². The third-order valence-electron chi connectivity index (χ3n) is 4.52. The summed E-state index contributed by atoms with van der Waals surface area (Å²) in [6, 6.07) is 12.3. The van der Waals surface area contributed by atoms with Gasteiger partial charge in [0.2, 0.25) is 0 Å². The number of rotatable bonds is 9. The first-order chi connectivity index (χ1) is 12.1. The molecule has 0 radical (unpaired) electrons. The summed E-state index contributed by atoms with van der Waals surface area (Å²) < 4.78 is 5.51. The number of nitrogens with zero attached hydrogens (tertiary/aromatic N) is 1. The van der Waals surface area contributed by atoms with Crippen molar-refractivity contribution in [2.45, 2.75) is 52.2 Å². The Morgan fingerprint density at radius 1 is 1.20 bits per heavy atom. The molecule has 0 atom stereocenters. The zero-order valence-electron chi connectivity index (χ0n) is 15.2. The van der Waals surface area contributed by atoms with Gasteiger partial charge in [0.05, 0.1) is 12.8 Å². The second-order valence-electron chi connectivity index (χ2n) is 7.42. The van der Waals surface area contributed by atoms with E-state index in [1.807, 2.05) is 24.3 Å². The Hall–Kier alpha value is -2.07. The smallest absolute Gasteiger partial charge is 0.251 e. The van der Waals surface area contributed by atoms with Gasteiger partial charge in [-0.25, -0.2) is 0 Å². The maximum absolute atomic E-state index is 12.1. The van der Waals surface area contributed by atoms with Crippen molar-refractivity contribution in [2.24, 2.45) is 5.92 Å². The van der Waals surface area contributed by atoms with E-state index < -0.39 is 0 Å². The molecule has 0 saturated heterocycles. The molecule has 0 aliphatic heterocycles. The summed E-state index contributed by atoms with van der Waals surface area (Å²) in [6.45, 7) is 7.19. The summed E-state index contributed by atoms with van der Waals surface area (Å²) in [4.78, 5) is 14.5. The van der Waals surface area contributed by atoms with Gasteiger partial charge in [-0.05, 0) is 61.6 Å². The molecule has 3 rings (SSSR count). The lowest BCUT2D eigenvalue weighted by molar-refractivity contribution is 0.0951. The minimum Gasteiger partial charge on any atom is -0.468 e. The van der Waals surface area contributed by atoms with Gasteiger partial charge >= 0.3 is 0 Å². The van der Waals surface area contributed by atoms with Gasteiger partial charge in [-0.3, -0.25) is 9.69 Å². The van der Waals surface area contributed by atoms with Gasteiger partial charge in [-0.2, -0.15) is 0 Å². The molecule has 1 saturated carbocycles. The molecule has 1 heterocycles. The Labute approximate surface area is 150 Å². The van der Waals surface area contributed by atoms with Gasteiger partial charge in [-0.1, -0.05) is 26.0 Å². The highest BCUT2D eigenvalue weighted by atomic mass is 16.3. The highest BCUT2D eigenvalue weighted by molar-refractivity contribution is 5.94. The summed E-state index contributed by atoms with van der Waals surface area (Å²) in [5.74, 6) is 1.71. The van der Waals surface area contributed by atoms with Gasteiger partial charge in [0.1, 0.15) is 5.76 Å². The number of hydrogen-bond donors (Lipinski definition) is 1. The van der Waals surface area contributed by atoms with E-state index >= 15 is 0 Å². The molecule has 1 aliphatic rings. The second kappa shape index (κ2) is 8.34. The van der Waals surface area contributed by atoms with Crippen molar-refractivity contribution in [3.63, 3.8) is 0 Å². The number of hydrogen-bond acceptors (Lipinski definition) is 3. The molecule has 25 heavy (non-hydrogen) atoms. The molecule has 1 amide bonds. The SMILES string of the molecule is CC(C)CCN(Cc1ccc(C(=O)NC2CC2)cc1)Cc1ccco1. The van der Waals surface area contributed by atoms with E-state index in [0.717, 1.165) is 50.2 Å². The van der Waals surface area contributed by atoms with Crippen molar-refractivity contribution in [3.8, 4) is 0 Å². The maximum Gasteiger partial charge on any atom is 0.251 e. The lowest BCUT2D eigenvalue weighted by atomic mass is 10.1. The average Bonchev–Trinajstić information content (AvgIpc) is 3.26. The summed E-state index contributed by atoms with van der Waals surface area (Å²) >= 11 is 0. The van der Waals surface area contributed by atoms with Crippen LogP contribution >= 0.6 is 0 Å². The van der Waals surface area contributed by atoms with Crippen molar-refractivity contribution in [1.82, 2.24) is 10.2 Å². The highest BCUT2D eigenvalue weighted by Gasteiger charge is 2.23. The van der Waals surface area contributed by atoms with Crippen LogP contribution in [-0.2, 0) is 13.1 Å².